The third-order valence-corrected chi connectivity index (χ3v) is 5.37. The predicted molar refractivity (Wildman–Crippen MR) is 101 cm³/mol. The van der Waals surface area contributed by atoms with Crippen molar-refractivity contribution in [3.63, 3.8) is 0 Å². The number of hydrogen-bond acceptors (Lipinski definition) is 4. The van der Waals surface area contributed by atoms with Crippen LogP contribution in [0.1, 0.15) is 13.8 Å². The van der Waals surface area contributed by atoms with Gasteiger partial charge in [-0.25, -0.2) is 0 Å². The Hall–Kier alpha value is -1.62. The van der Waals surface area contributed by atoms with Crippen LogP contribution < -0.4 is 4.90 Å². The normalized spacial score (nSPS) is 15.0. The van der Waals surface area contributed by atoms with Crippen LogP contribution in [0.25, 0.3) is 11.1 Å². The second-order valence-corrected chi connectivity index (χ2v) is 7.28. The lowest BCUT2D eigenvalue weighted by Gasteiger charge is -2.22. The molecule has 3 nitrogen and oxygen atoms in total. The van der Waals surface area contributed by atoms with Gasteiger partial charge in [-0.15, -0.1) is 0 Å². The Morgan fingerprint density at radius 3 is 2.71 bits per heavy atom. The van der Waals surface area contributed by atoms with Gasteiger partial charge in [0.25, 0.3) is 0 Å². The summed E-state index contributed by atoms with van der Waals surface area (Å²) in [6, 6.07) is 8.65. The molecule has 0 atom stereocenters. The van der Waals surface area contributed by atoms with Gasteiger partial charge in [-0.1, -0.05) is 35.0 Å². The van der Waals surface area contributed by atoms with Crippen molar-refractivity contribution >= 4 is 46.4 Å². The first-order valence-electron chi connectivity index (χ1n) is 7.41. The lowest BCUT2D eigenvalue weighted by molar-refractivity contribution is -0.112. The van der Waals surface area contributed by atoms with Gasteiger partial charge in [-0.3, -0.25) is 4.79 Å². The summed E-state index contributed by atoms with van der Waals surface area (Å²) in [5.74, 6) is 0.108. The summed E-state index contributed by atoms with van der Waals surface area (Å²) in [7, 11) is 0. The topological polar surface area (TPSA) is 40.5 Å². The molecule has 2 aromatic rings. The third-order valence-electron chi connectivity index (χ3n) is 3.71. The molecule has 0 spiro atoms. The number of anilines is 1. The molecule has 2 aromatic carbocycles. The number of carbonyl (C=O) groups excluding carboxylic acids is 1. The molecular weight excluding hydrogens is 365 g/mol. The summed E-state index contributed by atoms with van der Waals surface area (Å²) in [6.45, 7) is 4.18. The van der Waals surface area contributed by atoms with Crippen molar-refractivity contribution in [1.29, 1.82) is 0 Å². The summed E-state index contributed by atoms with van der Waals surface area (Å²) in [5, 5.41) is 12.4. The highest BCUT2D eigenvalue weighted by Gasteiger charge is 2.30. The van der Waals surface area contributed by atoms with E-state index in [1.54, 1.807) is 30.3 Å². The summed E-state index contributed by atoms with van der Waals surface area (Å²) in [4.78, 5) is 14.5. The number of rotatable bonds is 3. The molecule has 1 aliphatic rings. The molecule has 0 fully saturated rings. The van der Waals surface area contributed by atoms with Crippen molar-refractivity contribution in [1.82, 2.24) is 0 Å². The number of carbonyl (C=O) groups is 1. The third kappa shape index (κ3) is 3.02. The first kappa shape index (κ1) is 17.2. The highest BCUT2D eigenvalue weighted by atomic mass is 35.5. The van der Waals surface area contributed by atoms with E-state index in [0.717, 1.165) is 15.6 Å². The number of thioether (sulfide) groups is 1. The van der Waals surface area contributed by atoms with Crippen LogP contribution in [0.15, 0.2) is 46.3 Å². The predicted octanol–water partition coefficient (Wildman–Crippen LogP) is 5.73. The number of benzene rings is 2. The molecule has 0 radical (unpaired) electrons. The molecule has 1 heterocycles. The van der Waals surface area contributed by atoms with Crippen molar-refractivity contribution in [3.05, 3.63) is 51.5 Å². The first-order valence-corrected chi connectivity index (χ1v) is 8.98. The second kappa shape index (κ2) is 6.71. The van der Waals surface area contributed by atoms with E-state index in [2.05, 4.69) is 0 Å². The maximum atomic E-state index is 11.5. The Labute approximate surface area is 154 Å². The molecular formula is C18H15Cl2NO2S. The van der Waals surface area contributed by atoms with Gasteiger partial charge in [-0.05, 0) is 44.2 Å². The summed E-state index contributed by atoms with van der Waals surface area (Å²) in [5.41, 5.74) is 2.14. The van der Waals surface area contributed by atoms with E-state index >= 15 is 0 Å². The van der Waals surface area contributed by atoms with E-state index in [-0.39, 0.29) is 11.5 Å². The van der Waals surface area contributed by atoms with Gasteiger partial charge >= 0.3 is 0 Å². The number of phenolic OH excluding ortho intramolecular Hbond substituents is 1. The largest absolute Gasteiger partial charge is 0.507 e. The number of phenols is 1. The van der Waals surface area contributed by atoms with Gasteiger partial charge in [0.05, 0.1) is 10.7 Å². The minimum Gasteiger partial charge on any atom is -0.507 e. The molecule has 124 valence electrons. The Morgan fingerprint density at radius 1 is 1.29 bits per heavy atom. The smallest absolute Gasteiger partial charge is 0.155 e. The molecule has 0 amide bonds. The minimum atomic E-state index is -0.0182. The van der Waals surface area contributed by atoms with Gasteiger partial charge in [0.15, 0.2) is 5.78 Å². The first-order chi connectivity index (χ1) is 11.4. The maximum Gasteiger partial charge on any atom is 0.155 e. The highest BCUT2D eigenvalue weighted by Crippen LogP contribution is 2.54. The summed E-state index contributed by atoms with van der Waals surface area (Å²) < 4.78 is 0. The molecule has 0 aliphatic carbocycles. The quantitative estimate of drug-likeness (QED) is 0.691. The zero-order chi connectivity index (χ0) is 17.4. The van der Waals surface area contributed by atoms with Crippen LogP contribution in [0.3, 0.4) is 0 Å². The Balaban J connectivity index is 2.27. The lowest BCUT2D eigenvalue weighted by Crippen LogP contribution is -2.18. The van der Waals surface area contributed by atoms with Gasteiger partial charge in [0.2, 0.25) is 0 Å². The highest BCUT2D eigenvalue weighted by molar-refractivity contribution is 8.03. The van der Waals surface area contributed by atoms with Gasteiger partial charge < -0.3 is 10.0 Å². The van der Waals surface area contributed by atoms with Crippen LogP contribution in [-0.2, 0) is 4.79 Å². The van der Waals surface area contributed by atoms with Gasteiger partial charge in [-0.2, -0.15) is 0 Å². The number of ketones is 1. The standard InChI is InChI=1S/C18H15Cl2NO2S/c1-3-21-16(8-10(2)22)24-15-7-6-14(23)17(18(15)21)12-9-11(19)4-5-13(12)20/h4-9,23H,3H2,1-2H3. The van der Waals surface area contributed by atoms with Crippen molar-refractivity contribution in [2.75, 3.05) is 11.4 Å². The van der Waals surface area contributed by atoms with E-state index in [4.69, 9.17) is 23.2 Å². The van der Waals surface area contributed by atoms with Crippen molar-refractivity contribution in [3.8, 4) is 16.9 Å². The molecule has 0 saturated heterocycles. The molecule has 3 rings (SSSR count). The number of nitrogens with zero attached hydrogens (tertiary/aromatic N) is 1. The number of hydrogen-bond donors (Lipinski definition) is 1. The SMILES string of the molecule is CCN1C(=CC(C)=O)Sc2ccc(O)c(-c3cc(Cl)ccc3Cl)c21. The number of aromatic hydroxyl groups is 1. The van der Waals surface area contributed by atoms with Crippen LogP contribution in [-0.4, -0.2) is 17.4 Å². The fourth-order valence-electron chi connectivity index (χ4n) is 2.74. The van der Waals surface area contributed by atoms with Crippen LogP contribution in [0.5, 0.6) is 5.75 Å². The molecule has 0 aromatic heterocycles. The van der Waals surface area contributed by atoms with E-state index in [1.165, 1.54) is 18.7 Å². The lowest BCUT2D eigenvalue weighted by atomic mass is 10.0. The number of fused-ring (bicyclic) bond motifs is 1. The van der Waals surface area contributed by atoms with Crippen LogP contribution in [0, 0.1) is 0 Å². The fourth-order valence-corrected chi connectivity index (χ4v) is 4.35. The number of halogens is 2. The minimum absolute atomic E-state index is 0.0182. The average molecular weight is 380 g/mol. The molecule has 0 saturated carbocycles. The summed E-state index contributed by atoms with van der Waals surface area (Å²) in [6.07, 6.45) is 1.61. The Morgan fingerprint density at radius 2 is 2.04 bits per heavy atom. The number of allylic oxidation sites excluding steroid dienone is 1. The monoisotopic (exact) mass is 379 g/mol. The molecule has 1 N–H and O–H groups in total. The van der Waals surface area contributed by atoms with Crippen LogP contribution in [0.2, 0.25) is 10.0 Å². The van der Waals surface area contributed by atoms with E-state index in [1.807, 2.05) is 17.9 Å². The van der Waals surface area contributed by atoms with Crippen LogP contribution >= 0.6 is 35.0 Å². The Bertz CT molecular complexity index is 864. The molecule has 1 aliphatic heterocycles. The zero-order valence-electron chi connectivity index (χ0n) is 13.1. The fraction of sp³-hybridized carbons (Fsp3) is 0.167. The average Bonchev–Trinajstić information content (AvgIpc) is 2.86. The molecule has 0 bridgehead atoms. The van der Waals surface area contributed by atoms with Crippen molar-refractivity contribution in [2.45, 2.75) is 18.7 Å². The van der Waals surface area contributed by atoms with E-state index in [9.17, 15) is 9.90 Å². The molecule has 0 unspecified atom stereocenters. The van der Waals surface area contributed by atoms with Crippen molar-refractivity contribution in [2.24, 2.45) is 0 Å². The van der Waals surface area contributed by atoms with Gasteiger partial charge in [0, 0.05) is 38.7 Å². The van der Waals surface area contributed by atoms with Gasteiger partial charge in [0.1, 0.15) is 5.75 Å². The van der Waals surface area contributed by atoms with E-state index in [0.29, 0.717) is 27.7 Å². The summed E-state index contributed by atoms with van der Waals surface area (Å²) >= 11 is 14.0. The maximum absolute atomic E-state index is 11.5. The molecule has 6 heteroatoms. The van der Waals surface area contributed by atoms with Crippen LogP contribution in [0.4, 0.5) is 5.69 Å². The molecule has 24 heavy (non-hydrogen) atoms. The van der Waals surface area contributed by atoms with E-state index < -0.39 is 0 Å². The zero-order valence-corrected chi connectivity index (χ0v) is 15.5. The van der Waals surface area contributed by atoms with Crippen molar-refractivity contribution < 1.29 is 9.90 Å². The second-order valence-electron chi connectivity index (χ2n) is 5.37. The Kier molecular flexibility index (Phi) is 4.81.